The van der Waals surface area contributed by atoms with E-state index in [2.05, 4.69) is 90.5 Å². The van der Waals surface area contributed by atoms with Gasteiger partial charge in [0.25, 0.3) is 0 Å². The quantitative estimate of drug-likeness (QED) is 0.688. The molecule has 2 aromatic rings. The van der Waals surface area contributed by atoms with Crippen LogP contribution in [-0.2, 0) is 20.1 Å². The maximum atomic E-state index is 13.7. The average molecular weight is 433 g/mol. The van der Waals surface area contributed by atoms with Crippen LogP contribution in [0.15, 0.2) is 42.2 Å². The fraction of sp³-hybridized carbons (Fsp3) is 0.519. The SMILES string of the molecule is CCN1C(=O)N2Cc3cc(C)cc(C)c3[C@@H](C)C=C2C12CCN(Cc1cccn1C)CC2. The van der Waals surface area contributed by atoms with Crippen molar-refractivity contribution in [1.82, 2.24) is 19.3 Å². The Morgan fingerprint density at radius 3 is 2.56 bits per heavy atom. The zero-order valence-electron chi connectivity index (χ0n) is 20.2. The molecule has 1 spiro atoms. The molecule has 0 N–H and O–H groups in total. The van der Waals surface area contributed by atoms with E-state index in [0.29, 0.717) is 12.5 Å². The monoisotopic (exact) mass is 432 g/mol. The summed E-state index contributed by atoms with van der Waals surface area (Å²) in [6.45, 7) is 13.3. The first kappa shape index (κ1) is 21.3. The molecule has 2 fully saturated rings. The van der Waals surface area contributed by atoms with E-state index in [4.69, 9.17) is 0 Å². The van der Waals surface area contributed by atoms with Crippen LogP contribution in [0.25, 0.3) is 0 Å². The lowest BCUT2D eigenvalue weighted by atomic mass is 9.81. The van der Waals surface area contributed by atoms with Gasteiger partial charge in [-0.3, -0.25) is 9.80 Å². The van der Waals surface area contributed by atoms with Gasteiger partial charge in [0, 0.05) is 56.7 Å². The maximum absolute atomic E-state index is 13.7. The number of fused-ring (bicyclic) bond motifs is 3. The Hall–Kier alpha value is -2.53. The van der Waals surface area contributed by atoms with Gasteiger partial charge < -0.3 is 9.47 Å². The average Bonchev–Trinajstić information content (AvgIpc) is 3.17. The van der Waals surface area contributed by atoms with Crippen molar-refractivity contribution in [2.75, 3.05) is 19.6 Å². The Labute approximate surface area is 192 Å². The van der Waals surface area contributed by atoms with Crippen LogP contribution in [0.3, 0.4) is 0 Å². The van der Waals surface area contributed by atoms with Crippen molar-refractivity contribution in [2.24, 2.45) is 7.05 Å². The smallest absolute Gasteiger partial charge is 0.325 e. The number of carbonyl (C=O) groups is 1. The molecule has 2 saturated heterocycles. The van der Waals surface area contributed by atoms with Crippen LogP contribution in [0.2, 0.25) is 0 Å². The van der Waals surface area contributed by atoms with E-state index >= 15 is 0 Å². The van der Waals surface area contributed by atoms with Crippen molar-refractivity contribution in [3.63, 3.8) is 0 Å². The van der Waals surface area contributed by atoms with Crippen LogP contribution in [0.4, 0.5) is 4.79 Å². The number of aromatic nitrogens is 1. The molecule has 5 heteroatoms. The molecule has 0 bridgehead atoms. The van der Waals surface area contributed by atoms with E-state index in [0.717, 1.165) is 39.0 Å². The summed E-state index contributed by atoms with van der Waals surface area (Å²) < 4.78 is 2.21. The Morgan fingerprint density at radius 2 is 1.91 bits per heavy atom. The van der Waals surface area contributed by atoms with Gasteiger partial charge >= 0.3 is 6.03 Å². The van der Waals surface area contributed by atoms with Gasteiger partial charge in [-0.15, -0.1) is 0 Å². The van der Waals surface area contributed by atoms with Crippen LogP contribution in [0.5, 0.6) is 0 Å². The second kappa shape index (κ2) is 7.80. The van der Waals surface area contributed by atoms with Crippen LogP contribution in [0, 0.1) is 13.8 Å². The minimum atomic E-state index is -0.171. The summed E-state index contributed by atoms with van der Waals surface area (Å²) in [6, 6.07) is 9.08. The van der Waals surface area contributed by atoms with E-state index in [1.165, 1.54) is 33.6 Å². The molecule has 32 heavy (non-hydrogen) atoms. The van der Waals surface area contributed by atoms with Gasteiger partial charge in [0.15, 0.2) is 0 Å². The van der Waals surface area contributed by atoms with Crippen molar-refractivity contribution in [3.05, 3.63) is 70.2 Å². The first-order valence-electron chi connectivity index (χ1n) is 12.1. The Bertz CT molecular complexity index is 1070. The Morgan fingerprint density at radius 1 is 1.16 bits per heavy atom. The predicted molar refractivity (Wildman–Crippen MR) is 128 cm³/mol. The fourth-order valence-electron chi connectivity index (χ4n) is 6.49. The number of carbonyl (C=O) groups excluding carboxylic acids is 1. The molecular formula is C27H36N4O. The summed E-state index contributed by atoms with van der Waals surface area (Å²) in [5.41, 5.74) is 7.77. The highest BCUT2D eigenvalue weighted by Crippen LogP contribution is 2.47. The lowest BCUT2D eigenvalue weighted by Gasteiger charge is -2.44. The zero-order chi connectivity index (χ0) is 22.6. The van der Waals surface area contributed by atoms with Gasteiger partial charge in [0.2, 0.25) is 0 Å². The first-order chi connectivity index (χ1) is 15.3. The van der Waals surface area contributed by atoms with Crippen molar-refractivity contribution in [2.45, 2.75) is 65.1 Å². The standard InChI is InChI=1S/C27H36N4O/c1-6-31-26(32)30-17-22-15-19(2)14-20(3)25(22)21(4)16-24(30)27(31)9-12-29(13-10-27)18-23-8-7-11-28(23)5/h7-8,11,14-16,21H,6,9-10,12-13,17-18H2,1-5H3/t21-/m0/s1. The first-order valence-corrected chi connectivity index (χ1v) is 12.1. The molecule has 3 aliphatic heterocycles. The summed E-state index contributed by atoms with van der Waals surface area (Å²) in [5, 5.41) is 0. The maximum Gasteiger partial charge on any atom is 0.325 e. The van der Waals surface area contributed by atoms with Gasteiger partial charge in [-0.25, -0.2) is 4.79 Å². The highest BCUT2D eigenvalue weighted by molar-refractivity contribution is 5.83. The molecule has 4 heterocycles. The third-order valence-corrected chi connectivity index (χ3v) is 7.99. The number of likely N-dealkylation sites (tertiary alicyclic amines) is 1. The third-order valence-electron chi connectivity index (χ3n) is 7.99. The lowest BCUT2D eigenvalue weighted by Crippen LogP contribution is -2.53. The highest BCUT2D eigenvalue weighted by atomic mass is 16.2. The third kappa shape index (κ3) is 3.21. The van der Waals surface area contributed by atoms with Crippen molar-refractivity contribution in [1.29, 1.82) is 0 Å². The van der Waals surface area contributed by atoms with Gasteiger partial charge in [-0.2, -0.15) is 0 Å². The van der Waals surface area contributed by atoms with Crippen LogP contribution < -0.4 is 0 Å². The topological polar surface area (TPSA) is 31.7 Å². The van der Waals surface area contributed by atoms with E-state index in [-0.39, 0.29) is 11.6 Å². The second-order valence-corrected chi connectivity index (χ2v) is 10.0. The molecule has 3 aliphatic rings. The molecule has 1 aromatic carbocycles. The molecule has 5 rings (SSSR count). The van der Waals surface area contributed by atoms with E-state index in [9.17, 15) is 4.79 Å². The van der Waals surface area contributed by atoms with E-state index in [1.54, 1.807) is 0 Å². The fourth-order valence-corrected chi connectivity index (χ4v) is 6.49. The van der Waals surface area contributed by atoms with E-state index in [1.807, 2.05) is 0 Å². The second-order valence-electron chi connectivity index (χ2n) is 10.0. The summed E-state index contributed by atoms with van der Waals surface area (Å²) in [6.07, 6.45) is 6.53. The summed E-state index contributed by atoms with van der Waals surface area (Å²) >= 11 is 0. The van der Waals surface area contributed by atoms with Gasteiger partial charge in [0.05, 0.1) is 12.1 Å². The summed E-state index contributed by atoms with van der Waals surface area (Å²) in [7, 11) is 2.12. The number of hydrogen-bond acceptors (Lipinski definition) is 2. The number of aryl methyl sites for hydroxylation is 3. The molecule has 170 valence electrons. The molecule has 5 nitrogen and oxygen atoms in total. The largest absolute Gasteiger partial charge is 0.353 e. The minimum Gasteiger partial charge on any atom is -0.353 e. The molecule has 0 radical (unpaired) electrons. The molecule has 0 unspecified atom stereocenters. The molecule has 0 saturated carbocycles. The summed E-state index contributed by atoms with van der Waals surface area (Å²) in [5.74, 6) is 0.313. The van der Waals surface area contributed by atoms with Crippen molar-refractivity contribution in [3.8, 4) is 0 Å². The predicted octanol–water partition coefficient (Wildman–Crippen LogP) is 4.94. The number of amides is 2. The van der Waals surface area contributed by atoms with Crippen molar-refractivity contribution >= 4 is 6.03 Å². The number of rotatable bonds is 3. The minimum absolute atomic E-state index is 0.171. The lowest BCUT2D eigenvalue weighted by molar-refractivity contribution is 0.0878. The number of likely N-dealkylation sites (N-methyl/N-ethyl adjacent to an activating group) is 1. The van der Waals surface area contributed by atoms with Crippen LogP contribution in [0.1, 0.15) is 60.6 Å². The van der Waals surface area contributed by atoms with E-state index < -0.39 is 0 Å². The summed E-state index contributed by atoms with van der Waals surface area (Å²) in [4.78, 5) is 20.5. The number of benzene rings is 1. The molecule has 2 amide bonds. The Kier molecular flexibility index (Phi) is 5.20. The van der Waals surface area contributed by atoms with Crippen LogP contribution in [-0.4, -0.2) is 50.5 Å². The Balaban J connectivity index is 1.47. The normalized spacial score (nSPS) is 22.7. The molecule has 1 atom stereocenters. The van der Waals surface area contributed by atoms with Gasteiger partial charge in [-0.1, -0.05) is 30.7 Å². The zero-order valence-corrected chi connectivity index (χ0v) is 20.2. The molecule has 0 aliphatic carbocycles. The molecular weight excluding hydrogens is 396 g/mol. The van der Waals surface area contributed by atoms with Crippen LogP contribution >= 0.6 is 0 Å². The van der Waals surface area contributed by atoms with Gasteiger partial charge in [0.1, 0.15) is 0 Å². The molecule has 1 aromatic heterocycles. The van der Waals surface area contributed by atoms with Crippen molar-refractivity contribution < 1.29 is 4.79 Å². The number of hydrogen-bond donors (Lipinski definition) is 0. The number of piperidine rings is 1. The number of urea groups is 1. The number of nitrogens with zero attached hydrogens (tertiary/aromatic N) is 4. The number of allylic oxidation sites excluding steroid dienone is 1. The highest BCUT2D eigenvalue weighted by Gasteiger charge is 2.54. The van der Waals surface area contributed by atoms with Gasteiger partial charge in [-0.05, 0) is 62.4 Å².